The first-order valence-electron chi connectivity index (χ1n) is 5.55. The highest BCUT2D eigenvalue weighted by Crippen LogP contribution is 2.23. The number of hydrogen-bond donors (Lipinski definition) is 1. The monoisotopic (exact) mass is 260 g/mol. The molecular weight excluding hydrogens is 248 g/mol. The Kier molecular flexibility index (Phi) is 2.57. The van der Waals surface area contributed by atoms with Crippen LogP contribution in [0.1, 0.15) is 23.7 Å². The van der Waals surface area contributed by atoms with Gasteiger partial charge in [-0.1, -0.05) is 0 Å². The molecule has 0 fully saturated rings. The summed E-state index contributed by atoms with van der Waals surface area (Å²) < 4.78 is 1.70. The van der Waals surface area contributed by atoms with E-state index in [9.17, 15) is 0 Å². The van der Waals surface area contributed by atoms with Crippen molar-refractivity contribution in [3.05, 3.63) is 28.2 Å². The fourth-order valence-corrected chi connectivity index (χ4v) is 2.40. The van der Waals surface area contributed by atoms with E-state index in [1.54, 1.807) is 4.52 Å². The summed E-state index contributed by atoms with van der Waals surface area (Å²) in [6, 6.07) is 3.72. The molecule has 0 amide bonds. The minimum atomic E-state index is -0.0716. The quantitative estimate of drug-likeness (QED) is 0.756. The van der Waals surface area contributed by atoms with Crippen molar-refractivity contribution in [1.82, 2.24) is 24.8 Å². The van der Waals surface area contributed by atoms with Gasteiger partial charge in [-0.05, 0) is 26.0 Å². The molecule has 0 spiro atoms. The molecule has 2 N–H and O–H groups in total. The molecule has 0 aliphatic rings. The Balaban J connectivity index is 2.15. The van der Waals surface area contributed by atoms with Crippen molar-refractivity contribution >= 4 is 17.0 Å². The maximum absolute atomic E-state index is 5.81. The van der Waals surface area contributed by atoms with Crippen LogP contribution in [0.4, 0.5) is 0 Å². The van der Waals surface area contributed by atoms with Gasteiger partial charge in [0.25, 0.3) is 0 Å². The Hall–Kier alpha value is -1.86. The van der Waals surface area contributed by atoms with Gasteiger partial charge in [0.05, 0.1) is 11.7 Å². The van der Waals surface area contributed by atoms with Crippen LogP contribution in [0.25, 0.3) is 17.2 Å². The van der Waals surface area contributed by atoms with Gasteiger partial charge in [-0.3, -0.25) is 0 Å². The summed E-state index contributed by atoms with van der Waals surface area (Å²) in [5.41, 5.74) is 8.19. The maximum Gasteiger partial charge on any atom is 0.204 e. The molecule has 7 heteroatoms. The number of hydrogen-bond acceptors (Lipinski definition) is 6. The Labute approximate surface area is 107 Å². The number of nitrogens with two attached hydrogens (primary N) is 1. The van der Waals surface area contributed by atoms with Crippen LogP contribution in [0.2, 0.25) is 0 Å². The van der Waals surface area contributed by atoms with Crippen LogP contribution in [0.3, 0.4) is 0 Å². The molecule has 0 saturated carbocycles. The molecule has 3 aromatic rings. The zero-order valence-electron chi connectivity index (χ0n) is 10.0. The molecule has 92 valence electrons. The van der Waals surface area contributed by atoms with Gasteiger partial charge in [0.2, 0.25) is 5.82 Å². The van der Waals surface area contributed by atoms with Gasteiger partial charge in [0.15, 0.2) is 5.65 Å². The van der Waals surface area contributed by atoms with Gasteiger partial charge < -0.3 is 5.73 Å². The van der Waals surface area contributed by atoms with Crippen LogP contribution < -0.4 is 5.73 Å². The summed E-state index contributed by atoms with van der Waals surface area (Å²) in [4.78, 5) is 4.46. The fraction of sp³-hybridized carbons (Fsp3) is 0.273. The lowest BCUT2D eigenvalue weighted by molar-refractivity contribution is 0.805. The molecule has 0 radical (unpaired) electrons. The zero-order valence-corrected chi connectivity index (χ0v) is 10.8. The van der Waals surface area contributed by atoms with Crippen molar-refractivity contribution in [3.63, 3.8) is 0 Å². The Morgan fingerprint density at radius 3 is 2.89 bits per heavy atom. The number of thiazole rings is 1. The SMILES string of the molecule is Cc1ccc2nnc(-c3csc(C(C)N)n3)n2n1. The molecule has 0 aromatic carbocycles. The predicted molar refractivity (Wildman–Crippen MR) is 69.2 cm³/mol. The van der Waals surface area contributed by atoms with Crippen molar-refractivity contribution in [2.75, 3.05) is 0 Å². The Bertz CT molecular complexity index is 698. The van der Waals surface area contributed by atoms with Crippen molar-refractivity contribution in [2.24, 2.45) is 5.73 Å². The van der Waals surface area contributed by atoms with Crippen LogP contribution in [0.5, 0.6) is 0 Å². The molecule has 6 nitrogen and oxygen atoms in total. The van der Waals surface area contributed by atoms with Crippen LogP contribution in [0, 0.1) is 6.92 Å². The van der Waals surface area contributed by atoms with Crippen LogP contribution >= 0.6 is 11.3 Å². The molecule has 0 aliphatic carbocycles. The number of aromatic nitrogens is 5. The van der Waals surface area contributed by atoms with Gasteiger partial charge in [0.1, 0.15) is 10.7 Å². The third-order valence-corrected chi connectivity index (χ3v) is 3.58. The highest BCUT2D eigenvalue weighted by atomic mass is 32.1. The molecule has 1 atom stereocenters. The van der Waals surface area contributed by atoms with E-state index in [2.05, 4.69) is 20.3 Å². The van der Waals surface area contributed by atoms with E-state index in [-0.39, 0.29) is 6.04 Å². The van der Waals surface area contributed by atoms with Crippen LogP contribution in [-0.4, -0.2) is 24.8 Å². The van der Waals surface area contributed by atoms with Crippen molar-refractivity contribution in [3.8, 4) is 11.5 Å². The Morgan fingerprint density at radius 1 is 1.33 bits per heavy atom. The largest absolute Gasteiger partial charge is 0.322 e. The average Bonchev–Trinajstić information content (AvgIpc) is 2.93. The predicted octanol–water partition coefficient (Wildman–Crippen LogP) is 1.58. The van der Waals surface area contributed by atoms with Crippen LogP contribution in [0.15, 0.2) is 17.5 Å². The molecule has 18 heavy (non-hydrogen) atoms. The Morgan fingerprint density at radius 2 is 2.17 bits per heavy atom. The summed E-state index contributed by atoms with van der Waals surface area (Å²) in [5.74, 6) is 0.650. The molecule has 3 rings (SSSR count). The lowest BCUT2D eigenvalue weighted by Crippen LogP contribution is -2.04. The van der Waals surface area contributed by atoms with E-state index in [1.165, 1.54) is 11.3 Å². The van der Waals surface area contributed by atoms with Crippen molar-refractivity contribution in [1.29, 1.82) is 0 Å². The molecule has 3 heterocycles. The molecule has 0 saturated heterocycles. The normalized spacial score (nSPS) is 13.1. The first kappa shape index (κ1) is 11.2. The zero-order chi connectivity index (χ0) is 12.7. The second-order valence-electron chi connectivity index (χ2n) is 4.13. The van der Waals surface area contributed by atoms with Gasteiger partial charge in [-0.2, -0.15) is 9.61 Å². The van der Waals surface area contributed by atoms with Crippen LogP contribution in [-0.2, 0) is 0 Å². The van der Waals surface area contributed by atoms with Gasteiger partial charge >= 0.3 is 0 Å². The third-order valence-electron chi connectivity index (χ3n) is 2.54. The van der Waals surface area contributed by atoms with E-state index in [0.717, 1.165) is 16.4 Å². The summed E-state index contributed by atoms with van der Waals surface area (Å²) in [5, 5.41) is 15.4. The van der Waals surface area contributed by atoms with E-state index in [1.807, 2.05) is 31.4 Å². The lowest BCUT2D eigenvalue weighted by atomic mass is 10.4. The summed E-state index contributed by atoms with van der Waals surface area (Å²) in [7, 11) is 0. The lowest BCUT2D eigenvalue weighted by Gasteiger charge is -1.98. The molecule has 0 bridgehead atoms. The third kappa shape index (κ3) is 1.77. The molecule has 0 aliphatic heterocycles. The van der Waals surface area contributed by atoms with Crippen molar-refractivity contribution in [2.45, 2.75) is 19.9 Å². The summed E-state index contributed by atoms with van der Waals surface area (Å²) in [6.07, 6.45) is 0. The molecule has 3 aromatic heterocycles. The fourth-order valence-electron chi connectivity index (χ4n) is 1.64. The van der Waals surface area contributed by atoms with E-state index in [4.69, 9.17) is 5.73 Å². The number of nitrogens with zero attached hydrogens (tertiary/aromatic N) is 5. The van der Waals surface area contributed by atoms with Gasteiger partial charge in [0, 0.05) is 5.38 Å². The highest BCUT2D eigenvalue weighted by Gasteiger charge is 2.14. The second kappa shape index (κ2) is 4.11. The number of fused-ring (bicyclic) bond motifs is 1. The number of rotatable bonds is 2. The first-order valence-corrected chi connectivity index (χ1v) is 6.43. The number of aryl methyl sites for hydroxylation is 1. The van der Waals surface area contributed by atoms with E-state index < -0.39 is 0 Å². The van der Waals surface area contributed by atoms with Gasteiger partial charge in [-0.15, -0.1) is 21.5 Å². The van der Waals surface area contributed by atoms with Crippen molar-refractivity contribution < 1.29 is 0 Å². The van der Waals surface area contributed by atoms with Gasteiger partial charge in [-0.25, -0.2) is 4.98 Å². The standard InChI is InChI=1S/C11H12N6S/c1-6-3-4-9-14-15-10(17(9)16-6)8-5-18-11(13-8)7(2)12/h3-5,7H,12H2,1-2H3. The average molecular weight is 260 g/mol. The minimum Gasteiger partial charge on any atom is -0.322 e. The van der Waals surface area contributed by atoms with E-state index in [0.29, 0.717) is 11.5 Å². The summed E-state index contributed by atoms with van der Waals surface area (Å²) >= 11 is 1.52. The first-order chi connectivity index (χ1) is 8.65. The summed E-state index contributed by atoms with van der Waals surface area (Å²) in [6.45, 7) is 3.84. The van der Waals surface area contributed by atoms with E-state index >= 15 is 0 Å². The topological polar surface area (TPSA) is 82.0 Å². The maximum atomic E-state index is 5.81. The molecular formula is C11H12N6S. The minimum absolute atomic E-state index is 0.0716. The molecule has 1 unspecified atom stereocenters. The smallest absolute Gasteiger partial charge is 0.204 e. The second-order valence-corrected chi connectivity index (χ2v) is 5.02. The highest BCUT2D eigenvalue weighted by molar-refractivity contribution is 7.10.